The standard InChI is InChI=1S/C17H21NO3S/c1-17(2,3)18-16(19)10-11-22(20,21)15-9-8-13-6-4-5-7-14(13)12-15/h4-9,12H,10-11H2,1-3H3,(H,18,19). The zero-order valence-corrected chi connectivity index (χ0v) is 13.9. The topological polar surface area (TPSA) is 63.2 Å². The molecule has 0 heterocycles. The number of benzene rings is 2. The lowest BCUT2D eigenvalue weighted by atomic mass is 10.1. The number of carbonyl (C=O) groups excluding carboxylic acids is 1. The molecule has 4 nitrogen and oxygen atoms in total. The number of nitrogens with one attached hydrogen (secondary N) is 1. The Morgan fingerprint density at radius 3 is 2.32 bits per heavy atom. The Labute approximate surface area is 131 Å². The number of hydrogen-bond donors (Lipinski definition) is 1. The number of sulfone groups is 1. The predicted molar refractivity (Wildman–Crippen MR) is 88.5 cm³/mol. The van der Waals surface area contributed by atoms with E-state index in [0.717, 1.165) is 10.8 Å². The van der Waals surface area contributed by atoms with E-state index >= 15 is 0 Å². The Morgan fingerprint density at radius 2 is 1.68 bits per heavy atom. The third kappa shape index (κ3) is 4.31. The van der Waals surface area contributed by atoms with Crippen molar-refractivity contribution < 1.29 is 13.2 Å². The van der Waals surface area contributed by atoms with Crippen LogP contribution < -0.4 is 5.32 Å². The van der Waals surface area contributed by atoms with E-state index in [-0.39, 0.29) is 28.5 Å². The maximum atomic E-state index is 12.4. The number of carbonyl (C=O) groups is 1. The van der Waals surface area contributed by atoms with Gasteiger partial charge in [0.1, 0.15) is 0 Å². The molecule has 0 fully saturated rings. The molecule has 2 aromatic carbocycles. The second-order valence-electron chi connectivity index (χ2n) is 6.38. The molecule has 0 saturated carbocycles. The summed E-state index contributed by atoms with van der Waals surface area (Å²) in [6, 6.07) is 12.6. The Hall–Kier alpha value is -1.88. The van der Waals surface area contributed by atoms with Crippen LogP contribution in [0.15, 0.2) is 47.4 Å². The molecular weight excluding hydrogens is 298 g/mol. The molecule has 0 radical (unpaired) electrons. The van der Waals surface area contributed by atoms with Gasteiger partial charge in [-0.05, 0) is 43.7 Å². The zero-order valence-electron chi connectivity index (χ0n) is 13.1. The largest absolute Gasteiger partial charge is 0.351 e. The summed E-state index contributed by atoms with van der Waals surface area (Å²) in [4.78, 5) is 12.0. The third-order valence-electron chi connectivity index (χ3n) is 3.19. The smallest absolute Gasteiger partial charge is 0.221 e. The number of rotatable bonds is 4. The molecule has 22 heavy (non-hydrogen) atoms. The number of fused-ring (bicyclic) bond motifs is 1. The van der Waals surface area contributed by atoms with Crippen molar-refractivity contribution in [2.24, 2.45) is 0 Å². The van der Waals surface area contributed by atoms with Gasteiger partial charge in [0.05, 0.1) is 10.6 Å². The summed E-state index contributed by atoms with van der Waals surface area (Å²) in [5, 5.41) is 4.64. The molecule has 1 amide bonds. The first-order chi connectivity index (χ1) is 10.2. The third-order valence-corrected chi connectivity index (χ3v) is 4.91. The molecule has 118 valence electrons. The molecule has 1 N–H and O–H groups in total. The van der Waals surface area contributed by atoms with Crippen molar-refractivity contribution in [3.63, 3.8) is 0 Å². The first-order valence-electron chi connectivity index (χ1n) is 7.20. The van der Waals surface area contributed by atoms with E-state index in [2.05, 4.69) is 5.32 Å². The highest BCUT2D eigenvalue weighted by Gasteiger charge is 2.19. The molecule has 5 heteroatoms. The maximum absolute atomic E-state index is 12.4. The van der Waals surface area contributed by atoms with E-state index in [1.165, 1.54) is 0 Å². The van der Waals surface area contributed by atoms with E-state index < -0.39 is 9.84 Å². The Morgan fingerprint density at radius 1 is 1.05 bits per heavy atom. The van der Waals surface area contributed by atoms with Crippen molar-refractivity contribution in [3.05, 3.63) is 42.5 Å². The summed E-state index contributed by atoms with van der Waals surface area (Å²) in [6.07, 6.45) is -0.0353. The van der Waals surface area contributed by atoms with Gasteiger partial charge in [-0.3, -0.25) is 4.79 Å². The molecule has 0 unspecified atom stereocenters. The van der Waals surface area contributed by atoms with Crippen molar-refractivity contribution >= 4 is 26.5 Å². The number of amides is 1. The van der Waals surface area contributed by atoms with Gasteiger partial charge in [-0.1, -0.05) is 30.3 Å². The average molecular weight is 319 g/mol. The van der Waals surface area contributed by atoms with E-state index in [9.17, 15) is 13.2 Å². The lowest BCUT2D eigenvalue weighted by Gasteiger charge is -2.20. The second kappa shape index (κ2) is 6.08. The van der Waals surface area contributed by atoms with Crippen LogP contribution in [0.1, 0.15) is 27.2 Å². The SMILES string of the molecule is CC(C)(C)NC(=O)CCS(=O)(=O)c1ccc2ccccc2c1. The van der Waals surface area contributed by atoms with Gasteiger partial charge in [0.15, 0.2) is 9.84 Å². The summed E-state index contributed by atoms with van der Waals surface area (Å²) < 4.78 is 24.7. The van der Waals surface area contributed by atoms with Crippen LogP contribution >= 0.6 is 0 Å². The maximum Gasteiger partial charge on any atom is 0.221 e. The normalized spacial score (nSPS) is 12.3. The zero-order chi connectivity index (χ0) is 16.4. The van der Waals surface area contributed by atoms with Crippen LogP contribution in [0.4, 0.5) is 0 Å². The van der Waals surface area contributed by atoms with Gasteiger partial charge >= 0.3 is 0 Å². The molecule has 2 aromatic rings. The highest BCUT2D eigenvalue weighted by Crippen LogP contribution is 2.20. The summed E-state index contributed by atoms with van der Waals surface area (Å²) in [6.45, 7) is 5.59. The lowest BCUT2D eigenvalue weighted by Crippen LogP contribution is -2.41. The monoisotopic (exact) mass is 319 g/mol. The van der Waals surface area contributed by atoms with Crippen LogP contribution in [0, 0.1) is 0 Å². The van der Waals surface area contributed by atoms with Gasteiger partial charge in [-0.25, -0.2) is 8.42 Å². The number of hydrogen-bond acceptors (Lipinski definition) is 3. The van der Waals surface area contributed by atoms with Crippen molar-refractivity contribution in [2.75, 3.05) is 5.75 Å². The quantitative estimate of drug-likeness (QED) is 0.942. The second-order valence-corrected chi connectivity index (χ2v) is 8.49. The minimum absolute atomic E-state index is 0.0353. The summed E-state index contributed by atoms with van der Waals surface area (Å²) in [7, 11) is -3.46. The molecule has 0 aliphatic rings. The molecule has 0 aliphatic heterocycles. The molecule has 0 aliphatic carbocycles. The Kier molecular flexibility index (Phi) is 4.56. The van der Waals surface area contributed by atoms with Crippen LogP contribution in [0.25, 0.3) is 10.8 Å². The van der Waals surface area contributed by atoms with Gasteiger partial charge < -0.3 is 5.32 Å². The molecule has 0 aromatic heterocycles. The molecule has 2 rings (SSSR count). The first-order valence-corrected chi connectivity index (χ1v) is 8.85. The van der Waals surface area contributed by atoms with Crippen LogP contribution in [0.3, 0.4) is 0 Å². The van der Waals surface area contributed by atoms with E-state index in [4.69, 9.17) is 0 Å². The van der Waals surface area contributed by atoms with E-state index in [1.807, 2.05) is 45.0 Å². The molecule has 0 saturated heterocycles. The minimum Gasteiger partial charge on any atom is -0.351 e. The van der Waals surface area contributed by atoms with Crippen molar-refractivity contribution in [3.8, 4) is 0 Å². The summed E-state index contributed by atoms with van der Waals surface area (Å²) in [5.41, 5.74) is -0.357. The van der Waals surface area contributed by atoms with Gasteiger partial charge in [-0.2, -0.15) is 0 Å². The van der Waals surface area contributed by atoms with Gasteiger partial charge in [0.2, 0.25) is 5.91 Å². The predicted octanol–water partition coefficient (Wildman–Crippen LogP) is 2.92. The highest BCUT2D eigenvalue weighted by atomic mass is 32.2. The molecule has 0 bridgehead atoms. The van der Waals surface area contributed by atoms with Gasteiger partial charge in [-0.15, -0.1) is 0 Å². The first kappa shape index (κ1) is 16.5. The Balaban J connectivity index is 2.13. The highest BCUT2D eigenvalue weighted by molar-refractivity contribution is 7.91. The fraction of sp³-hybridized carbons (Fsp3) is 0.353. The van der Waals surface area contributed by atoms with Crippen LogP contribution in [-0.4, -0.2) is 25.6 Å². The van der Waals surface area contributed by atoms with Crippen molar-refractivity contribution in [1.29, 1.82) is 0 Å². The van der Waals surface area contributed by atoms with E-state index in [1.54, 1.807) is 18.2 Å². The molecule has 0 spiro atoms. The molecular formula is C17H21NO3S. The molecule has 0 atom stereocenters. The van der Waals surface area contributed by atoms with Crippen LogP contribution in [-0.2, 0) is 14.6 Å². The van der Waals surface area contributed by atoms with E-state index in [0.29, 0.717) is 0 Å². The average Bonchev–Trinajstić information content (AvgIpc) is 2.43. The van der Waals surface area contributed by atoms with Crippen molar-refractivity contribution in [2.45, 2.75) is 37.6 Å². The fourth-order valence-corrected chi connectivity index (χ4v) is 3.46. The van der Waals surface area contributed by atoms with Crippen LogP contribution in [0.5, 0.6) is 0 Å². The Bertz CT molecular complexity index is 789. The van der Waals surface area contributed by atoms with Gasteiger partial charge in [0.25, 0.3) is 0 Å². The van der Waals surface area contributed by atoms with Crippen LogP contribution in [0.2, 0.25) is 0 Å². The van der Waals surface area contributed by atoms with Crippen molar-refractivity contribution in [1.82, 2.24) is 5.32 Å². The summed E-state index contributed by atoms with van der Waals surface area (Å²) >= 11 is 0. The van der Waals surface area contributed by atoms with Gasteiger partial charge in [0, 0.05) is 12.0 Å². The fourth-order valence-electron chi connectivity index (χ4n) is 2.19. The minimum atomic E-state index is -3.46. The lowest BCUT2D eigenvalue weighted by molar-refractivity contribution is -0.122. The summed E-state index contributed by atoms with van der Waals surface area (Å²) in [5.74, 6) is -0.440.